The van der Waals surface area contributed by atoms with Gasteiger partial charge in [-0.05, 0) is 29.6 Å². The Morgan fingerprint density at radius 2 is 2.00 bits per heavy atom. The van der Waals surface area contributed by atoms with E-state index in [-0.39, 0.29) is 36.4 Å². The van der Waals surface area contributed by atoms with Crippen LogP contribution >= 0.6 is 23.5 Å². The lowest BCUT2D eigenvalue weighted by molar-refractivity contribution is -0.151. The maximum Gasteiger partial charge on any atom is 0.352 e. The zero-order chi connectivity index (χ0) is 26.2. The first-order valence-electron chi connectivity index (χ1n) is 11.3. The van der Waals surface area contributed by atoms with Gasteiger partial charge in [-0.1, -0.05) is 30.2 Å². The van der Waals surface area contributed by atoms with Gasteiger partial charge in [0.25, 0.3) is 5.91 Å². The highest BCUT2D eigenvalue weighted by Gasteiger charge is 2.54. The Balaban J connectivity index is 1.53. The number of carbonyl (C=O) groups is 4. The van der Waals surface area contributed by atoms with Crippen molar-refractivity contribution in [3.63, 3.8) is 0 Å². The van der Waals surface area contributed by atoms with Crippen LogP contribution < -0.4 is 10.6 Å². The normalized spacial score (nSPS) is 19.6. The molecule has 1 fully saturated rings. The van der Waals surface area contributed by atoms with Crippen molar-refractivity contribution in [3.05, 3.63) is 46.7 Å². The summed E-state index contributed by atoms with van der Waals surface area (Å²) in [6.07, 6.45) is 8.60. The number of rotatable bonds is 12. The van der Waals surface area contributed by atoms with Crippen LogP contribution in [0.15, 0.2) is 35.5 Å². The smallest absolute Gasteiger partial charge is 0.352 e. The van der Waals surface area contributed by atoms with E-state index in [0.717, 1.165) is 28.2 Å². The van der Waals surface area contributed by atoms with Crippen molar-refractivity contribution in [2.45, 2.75) is 43.8 Å². The van der Waals surface area contributed by atoms with Gasteiger partial charge in [0.1, 0.15) is 23.7 Å². The second-order valence-electron chi connectivity index (χ2n) is 8.37. The van der Waals surface area contributed by atoms with Crippen LogP contribution in [0.25, 0.3) is 0 Å². The van der Waals surface area contributed by atoms with Crippen LogP contribution in [0.5, 0.6) is 0 Å². The molecule has 3 N–H and O–H groups in total. The molecule has 3 unspecified atom stereocenters. The quantitative estimate of drug-likeness (QED) is 0.208. The van der Waals surface area contributed by atoms with Crippen LogP contribution in [0.4, 0.5) is 0 Å². The molecule has 2 amide bonds. The molecule has 0 radical (unpaired) electrons. The van der Waals surface area contributed by atoms with Crippen molar-refractivity contribution in [2.75, 3.05) is 24.4 Å². The highest BCUT2D eigenvalue weighted by Crippen LogP contribution is 2.40. The average molecular weight is 532 g/mol. The standard InChI is InChI=1S/C25H29N3O6S2/c1-4-19(9-10-35-3)26-12-17-7-5-16(6-8-17)11-20(30)27-21-23(31)28-22(25(32)33)18(13-34-15(2)29)14-36-24(21)28/h1,5-8,19,21,24,26H,9-14H2,2-3H3,(H,27,30)(H,32,33). The third-order valence-electron chi connectivity index (χ3n) is 5.77. The number of nitrogens with zero attached hydrogens (tertiary/aromatic N) is 1. The van der Waals surface area contributed by atoms with Gasteiger partial charge in [0.2, 0.25) is 5.91 Å². The number of terminal acetylenes is 1. The van der Waals surface area contributed by atoms with Crippen molar-refractivity contribution in [3.8, 4) is 12.3 Å². The first-order valence-corrected chi connectivity index (χ1v) is 13.8. The summed E-state index contributed by atoms with van der Waals surface area (Å²) < 4.78 is 4.92. The number of amides is 2. The number of esters is 1. The van der Waals surface area contributed by atoms with E-state index < -0.39 is 29.3 Å². The van der Waals surface area contributed by atoms with Gasteiger partial charge in [-0.15, -0.1) is 18.2 Å². The number of nitrogens with one attached hydrogen (secondary N) is 2. The van der Waals surface area contributed by atoms with Gasteiger partial charge in [0.15, 0.2) is 0 Å². The second-order valence-corrected chi connectivity index (χ2v) is 10.5. The van der Waals surface area contributed by atoms with Crippen LogP contribution in [0, 0.1) is 12.3 Å². The Bertz CT molecular complexity index is 1080. The zero-order valence-electron chi connectivity index (χ0n) is 20.1. The summed E-state index contributed by atoms with van der Waals surface area (Å²) in [6, 6.07) is 6.78. The van der Waals surface area contributed by atoms with Crippen LogP contribution in [-0.2, 0) is 36.9 Å². The number of benzene rings is 1. The molecule has 3 rings (SSSR count). The molecule has 1 aromatic rings. The van der Waals surface area contributed by atoms with E-state index >= 15 is 0 Å². The number of carboxylic acids is 1. The molecule has 0 spiro atoms. The lowest BCUT2D eigenvalue weighted by atomic mass is 10.0. The third kappa shape index (κ3) is 6.84. The fourth-order valence-corrected chi connectivity index (χ4v) is 5.69. The zero-order valence-corrected chi connectivity index (χ0v) is 21.7. The number of carboxylic acid groups (broad SMARTS) is 1. The van der Waals surface area contributed by atoms with E-state index in [4.69, 9.17) is 11.2 Å². The molecule has 2 aliphatic heterocycles. The van der Waals surface area contributed by atoms with Gasteiger partial charge in [0, 0.05) is 24.8 Å². The van der Waals surface area contributed by atoms with Crippen molar-refractivity contribution in [1.82, 2.24) is 15.5 Å². The van der Waals surface area contributed by atoms with Gasteiger partial charge in [-0.3, -0.25) is 24.6 Å². The van der Waals surface area contributed by atoms with E-state index in [9.17, 15) is 24.3 Å². The Morgan fingerprint density at radius 3 is 2.61 bits per heavy atom. The van der Waals surface area contributed by atoms with Crippen molar-refractivity contribution in [2.24, 2.45) is 0 Å². The first kappa shape index (κ1) is 27.6. The first-order chi connectivity index (χ1) is 17.2. The second kappa shape index (κ2) is 12.9. The summed E-state index contributed by atoms with van der Waals surface area (Å²) in [5.74, 6) is 1.40. The minimum absolute atomic E-state index is 0.00868. The number of aliphatic carboxylic acids is 1. The lowest BCUT2D eigenvalue weighted by Crippen LogP contribution is -2.70. The number of hydrogen-bond donors (Lipinski definition) is 3. The number of ether oxygens (including phenoxy) is 1. The van der Waals surface area contributed by atoms with Crippen LogP contribution in [0.1, 0.15) is 24.5 Å². The number of fused-ring (bicyclic) bond motifs is 1. The number of thioether (sulfide) groups is 2. The van der Waals surface area contributed by atoms with Crippen LogP contribution in [0.2, 0.25) is 0 Å². The lowest BCUT2D eigenvalue weighted by Gasteiger charge is -2.49. The van der Waals surface area contributed by atoms with Gasteiger partial charge in [-0.25, -0.2) is 4.79 Å². The van der Waals surface area contributed by atoms with Gasteiger partial charge < -0.3 is 15.2 Å². The van der Waals surface area contributed by atoms with Crippen molar-refractivity contribution < 1.29 is 29.0 Å². The molecular weight excluding hydrogens is 502 g/mol. The third-order valence-corrected chi connectivity index (χ3v) is 7.75. The Kier molecular flexibility index (Phi) is 9.87. The Labute approximate surface area is 218 Å². The minimum Gasteiger partial charge on any atom is -0.477 e. The molecule has 3 atom stereocenters. The molecule has 2 heterocycles. The van der Waals surface area contributed by atoms with Crippen LogP contribution in [0.3, 0.4) is 0 Å². The summed E-state index contributed by atoms with van der Waals surface area (Å²) >= 11 is 3.08. The predicted octanol–water partition coefficient (Wildman–Crippen LogP) is 1.38. The van der Waals surface area contributed by atoms with Crippen molar-refractivity contribution >= 4 is 47.3 Å². The van der Waals surface area contributed by atoms with E-state index in [1.807, 2.05) is 30.5 Å². The predicted molar refractivity (Wildman–Crippen MR) is 139 cm³/mol. The van der Waals surface area contributed by atoms with E-state index in [1.165, 1.54) is 18.7 Å². The molecule has 36 heavy (non-hydrogen) atoms. The molecule has 0 bridgehead atoms. The highest BCUT2D eigenvalue weighted by molar-refractivity contribution is 8.00. The SMILES string of the molecule is C#CC(CCSC)NCc1ccc(CC(=O)NC2C(=O)N3C(C(=O)O)=C(COC(C)=O)CSC23)cc1. The van der Waals surface area contributed by atoms with Crippen molar-refractivity contribution in [1.29, 1.82) is 0 Å². The van der Waals surface area contributed by atoms with E-state index in [2.05, 4.69) is 16.6 Å². The molecule has 9 nitrogen and oxygen atoms in total. The largest absolute Gasteiger partial charge is 0.477 e. The molecule has 1 aromatic carbocycles. The molecular formula is C25H29N3O6S2. The molecule has 11 heteroatoms. The number of hydrogen-bond acceptors (Lipinski definition) is 8. The van der Waals surface area contributed by atoms with Gasteiger partial charge in [0.05, 0.1) is 12.5 Å². The summed E-state index contributed by atoms with van der Waals surface area (Å²) in [6.45, 7) is 1.66. The number of carbonyl (C=O) groups excluding carboxylic acids is 3. The molecule has 1 saturated heterocycles. The average Bonchev–Trinajstić information content (AvgIpc) is 2.86. The minimum atomic E-state index is -1.27. The summed E-state index contributed by atoms with van der Waals surface area (Å²) in [5.41, 5.74) is 2.01. The fraction of sp³-hybridized carbons (Fsp3) is 0.440. The molecule has 192 valence electrons. The summed E-state index contributed by atoms with van der Waals surface area (Å²) in [7, 11) is 0. The maximum absolute atomic E-state index is 12.7. The van der Waals surface area contributed by atoms with Gasteiger partial charge >= 0.3 is 11.9 Å². The van der Waals surface area contributed by atoms with E-state index in [1.54, 1.807) is 11.8 Å². The highest BCUT2D eigenvalue weighted by atomic mass is 32.2. The molecule has 2 aliphatic rings. The molecule has 0 aliphatic carbocycles. The van der Waals surface area contributed by atoms with Crippen LogP contribution in [-0.4, -0.2) is 75.6 Å². The maximum atomic E-state index is 12.7. The summed E-state index contributed by atoms with van der Waals surface area (Å²) in [5, 5.41) is 15.2. The monoisotopic (exact) mass is 531 g/mol. The van der Waals surface area contributed by atoms with E-state index in [0.29, 0.717) is 12.1 Å². The van der Waals surface area contributed by atoms with Gasteiger partial charge in [-0.2, -0.15) is 11.8 Å². The fourth-order valence-electron chi connectivity index (χ4n) is 3.89. The molecule has 0 aromatic heterocycles. The Hall–Kier alpha value is -2.94. The topological polar surface area (TPSA) is 125 Å². The molecule has 0 saturated carbocycles. The summed E-state index contributed by atoms with van der Waals surface area (Å²) in [4.78, 5) is 49.4. The Morgan fingerprint density at radius 1 is 1.31 bits per heavy atom. The number of β-lactam (4-membered cyclic amide) rings is 1.